The number of ether oxygens (including phenoxy) is 1. The Labute approximate surface area is 151 Å². The standard InChI is InChI=1S/C19H21BrN2O2/c1-3-10-24-16-8-7-14(20)11-13(16)12-21-22-18(23)17-15-6-4-5-9-19(15,17)2/h1,7-8,11-12,15,17H,4-6,9-10H2,2H3,(H,22,23)/b21-12-/t15-,17-,19-/m0/s1. The van der Waals surface area contributed by atoms with E-state index in [9.17, 15) is 4.79 Å². The Morgan fingerprint density at radius 3 is 3.12 bits per heavy atom. The van der Waals surface area contributed by atoms with E-state index in [2.05, 4.69) is 39.3 Å². The van der Waals surface area contributed by atoms with Crippen LogP contribution < -0.4 is 10.2 Å². The topological polar surface area (TPSA) is 50.7 Å². The molecule has 4 nitrogen and oxygen atoms in total. The number of amides is 1. The van der Waals surface area contributed by atoms with E-state index >= 15 is 0 Å². The number of hydrogen-bond donors (Lipinski definition) is 1. The molecular formula is C19H21BrN2O2. The number of benzene rings is 1. The Hall–Kier alpha value is -1.80. The predicted molar refractivity (Wildman–Crippen MR) is 97.8 cm³/mol. The summed E-state index contributed by atoms with van der Waals surface area (Å²) in [4.78, 5) is 12.4. The average molecular weight is 389 g/mol. The molecule has 0 heterocycles. The highest BCUT2D eigenvalue weighted by atomic mass is 79.9. The summed E-state index contributed by atoms with van der Waals surface area (Å²) < 4.78 is 6.40. The second-order valence-electron chi connectivity index (χ2n) is 6.74. The van der Waals surface area contributed by atoms with Crippen molar-refractivity contribution in [1.82, 2.24) is 5.43 Å². The van der Waals surface area contributed by atoms with Crippen LogP contribution in [-0.2, 0) is 4.79 Å². The number of halogens is 1. The van der Waals surface area contributed by atoms with Crippen molar-refractivity contribution in [2.45, 2.75) is 32.6 Å². The zero-order valence-electron chi connectivity index (χ0n) is 13.7. The van der Waals surface area contributed by atoms with Crippen molar-refractivity contribution < 1.29 is 9.53 Å². The third-order valence-electron chi connectivity index (χ3n) is 5.28. The average Bonchev–Trinajstić information content (AvgIpc) is 3.19. The molecule has 3 atom stereocenters. The maximum absolute atomic E-state index is 12.4. The molecule has 1 amide bonds. The van der Waals surface area contributed by atoms with E-state index < -0.39 is 0 Å². The molecule has 126 valence electrons. The first-order valence-corrected chi connectivity index (χ1v) is 9.04. The van der Waals surface area contributed by atoms with Crippen LogP contribution in [0.25, 0.3) is 0 Å². The lowest BCUT2D eigenvalue weighted by Crippen LogP contribution is -2.22. The Morgan fingerprint density at radius 2 is 2.42 bits per heavy atom. The van der Waals surface area contributed by atoms with E-state index in [1.807, 2.05) is 18.2 Å². The third kappa shape index (κ3) is 3.34. The minimum atomic E-state index is 0.0294. The van der Waals surface area contributed by atoms with Gasteiger partial charge in [0.05, 0.1) is 6.21 Å². The van der Waals surface area contributed by atoms with Crippen LogP contribution >= 0.6 is 15.9 Å². The van der Waals surface area contributed by atoms with E-state index in [0.717, 1.165) is 22.9 Å². The number of carbonyl (C=O) groups is 1. The van der Waals surface area contributed by atoms with Crippen molar-refractivity contribution in [3.8, 4) is 18.1 Å². The molecule has 24 heavy (non-hydrogen) atoms. The van der Waals surface area contributed by atoms with Crippen LogP contribution in [0.5, 0.6) is 5.75 Å². The normalized spacial score (nSPS) is 28.0. The van der Waals surface area contributed by atoms with E-state index in [0.29, 0.717) is 11.7 Å². The van der Waals surface area contributed by atoms with Gasteiger partial charge in [-0.2, -0.15) is 5.10 Å². The van der Waals surface area contributed by atoms with Crippen molar-refractivity contribution in [3.63, 3.8) is 0 Å². The summed E-state index contributed by atoms with van der Waals surface area (Å²) in [6, 6.07) is 5.57. The van der Waals surface area contributed by atoms with Gasteiger partial charge in [0.2, 0.25) is 5.91 Å². The fraction of sp³-hybridized carbons (Fsp3) is 0.474. The largest absolute Gasteiger partial charge is 0.480 e. The van der Waals surface area contributed by atoms with Crippen molar-refractivity contribution in [3.05, 3.63) is 28.2 Å². The molecular weight excluding hydrogens is 368 g/mol. The van der Waals surface area contributed by atoms with Crippen LogP contribution in [0.1, 0.15) is 38.2 Å². The first kappa shape index (κ1) is 17.0. The van der Waals surface area contributed by atoms with Crippen LogP contribution in [0.15, 0.2) is 27.8 Å². The van der Waals surface area contributed by atoms with Crippen LogP contribution in [0.3, 0.4) is 0 Å². The third-order valence-corrected chi connectivity index (χ3v) is 5.77. The molecule has 0 unspecified atom stereocenters. The lowest BCUT2D eigenvalue weighted by atomic mass is 9.90. The fourth-order valence-corrected chi connectivity index (χ4v) is 4.34. The zero-order chi connectivity index (χ0) is 17.2. The molecule has 0 spiro atoms. The van der Waals surface area contributed by atoms with Crippen molar-refractivity contribution in [2.24, 2.45) is 22.4 Å². The highest BCUT2D eigenvalue weighted by molar-refractivity contribution is 9.10. The minimum Gasteiger partial charge on any atom is -0.480 e. The predicted octanol–water partition coefficient (Wildman–Crippen LogP) is 3.74. The number of fused-ring (bicyclic) bond motifs is 1. The molecule has 2 saturated carbocycles. The maximum atomic E-state index is 12.4. The summed E-state index contributed by atoms with van der Waals surface area (Å²) in [6.45, 7) is 2.42. The summed E-state index contributed by atoms with van der Waals surface area (Å²) in [7, 11) is 0. The van der Waals surface area contributed by atoms with Gasteiger partial charge in [-0.1, -0.05) is 41.6 Å². The summed E-state index contributed by atoms with van der Waals surface area (Å²) in [5.74, 6) is 3.75. The molecule has 1 aromatic rings. The molecule has 0 saturated heterocycles. The molecule has 2 aliphatic rings. The van der Waals surface area contributed by atoms with Gasteiger partial charge in [0, 0.05) is 16.0 Å². The summed E-state index contributed by atoms with van der Waals surface area (Å²) >= 11 is 3.42. The second-order valence-corrected chi connectivity index (χ2v) is 7.66. The van der Waals surface area contributed by atoms with Gasteiger partial charge in [0.15, 0.2) is 0 Å². The minimum absolute atomic E-state index is 0.0294. The number of carbonyl (C=O) groups excluding carboxylic acids is 1. The van der Waals surface area contributed by atoms with Crippen molar-refractivity contribution in [1.29, 1.82) is 0 Å². The second kappa shape index (κ2) is 6.98. The van der Waals surface area contributed by atoms with Crippen molar-refractivity contribution in [2.75, 3.05) is 6.61 Å². The maximum Gasteiger partial charge on any atom is 0.244 e. The van der Waals surface area contributed by atoms with Gasteiger partial charge in [-0.05, 0) is 42.4 Å². The summed E-state index contributed by atoms with van der Waals surface area (Å²) in [5, 5.41) is 4.12. The first-order chi connectivity index (χ1) is 11.6. The van der Waals surface area contributed by atoms with Crippen LogP contribution in [-0.4, -0.2) is 18.7 Å². The number of hydrazone groups is 1. The highest BCUT2D eigenvalue weighted by Gasteiger charge is 2.64. The zero-order valence-corrected chi connectivity index (χ0v) is 15.3. The molecule has 2 aliphatic carbocycles. The highest BCUT2D eigenvalue weighted by Crippen LogP contribution is 2.66. The summed E-state index contributed by atoms with van der Waals surface area (Å²) in [5.41, 5.74) is 3.65. The molecule has 0 bridgehead atoms. The van der Waals surface area contributed by atoms with Crippen LogP contribution in [0, 0.1) is 29.6 Å². The van der Waals surface area contributed by atoms with Crippen LogP contribution in [0.4, 0.5) is 0 Å². The first-order valence-electron chi connectivity index (χ1n) is 8.25. The molecule has 0 aliphatic heterocycles. The quantitative estimate of drug-likeness (QED) is 0.474. The SMILES string of the molecule is C#CCOc1ccc(Br)cc1/C=N\NC(=O)[C@@H]1[C@@H]2CCCC[C@]12C. The number of rotatable bonds is 5. The molecule has 5 heteroatoms. The van der Waals surface area contributed by atoms with Gasteiger partial charge in [0.1, 0.15) is 12.4 Å². The lowest BCUT2D eigenvalue weighted by molar-refractivity contribution is -0.123. The van der Waals surface area contributed by atoms with Gasteiger partial charge in [-0.3, -0.25) is 4.79 Å². The van der Waals surface area contributed by atoms with E-state index in [-0.39, 0.29) is 23.8 Å². The molecule has 1 N–H and O–H groups in total. The van der Waals surface area contributed by atoms with Crippen LogP contribution in [0.2, 0.25) is 0 Å². The van der Waals surface area contributed by atoms with Gasteiger partial charge >= 0.3 is 0 Å². The van der Waals surface area contributed by atoms with Gasteiger partial charge in [-0.25, -0.2) is 5.43 Å². The monoisotopic (exact) mass is 388 g/mol. The number of terminal acetylenes is 1. The van der Waals surface area contributed by atoms with Gasteiger partial charge in [-0.15, -0.1) is 6.42 Å². The smallest absolute Gasteiger partial charge is 0.244 e. The number of nitrogens with zero attached hydrogens (tertiary/aromatic N) is 1. The van der Waals surface area contributed by atoms with E-state index in [1.54, 1.807) is 6.21 Å². The number of nitrogens with one attached hydrogen (secondary N) is 1. The Kier molecular flexibility index (Phi) is 4.96. The molecule has 0 aromatic heterocycles. The lowest BCUT2D eigenvalue weighted by Gasteiger charge is -2.15. The van der Waals surface area contributed by atoms with Crippen molar-refractivity contribution >= 4 is 28.1 Å². The fourth-order valence-electron chi connectivity index (χ4n) is 3.96. The van der Waals surface area contributed by atoms with Gasteiger partial charge in [0.25, 0.3) is 0 Å². The molecule has 1 aromatic carbocycles. The Bertz CT molecular complexity index is 710. The molecule has 0 radical (unpaired) electrons. The Morgan fingerprint density at radius 1 is 1.58 bits per heavy atom. The summed E-state index contributed by atoms with van der Waals surface area (Å²) in [6.07, 6.45) is 11.6. The molecule has 3 rings (SSSR count). The van der Waals surface area contributed by atoms with E-state index in [4.69, 9.17) is 11.2 Å². The van der Waals surface area contributed by atoms with E-state index in [1.165, 1.54) is 12.8 Å². The number of hydrogen-bond acceptors (Lipinski definition) is 3. The molecule has 2 fully saturated rings. The Balaban J connectivity index is 1.63. The van der Waals surface area contributed by atoms with Gasteiger partial charge < -0.3 is 4.74 Å².